The van der Waals surface area contributed by atoms with E-state index in [0.717, 1.165) is 0 Å². The van der Waals surface area contributed by atoms with Crippen LogP contribution in [0.25, 0.3) is 0 Å². The van der Waals surface area contributed by atoms with Crippen LogP contribution in [0, 0.1) is 0 Å². The topological polar surface area (TPSA) is 20.2 Å². The first-order valence-corrected chi connectivity index (χ1v) is 2.77. The number of aliphatic hydroxyl groups excluding tert-OH is 1. The number of hydrogen-bond acceptors (Lipinski definition) is 1. The molecule has 0 saturated heterocycles. The van der Waals surface area contributed by atoms with Crippen LogP contribution in [0.5, 0.6) is 0 Å². The van der Waals surface area contributed by atoms with Gasteiger partial charge in [-0.1, -0.05) is 11.6 Å². The van der Waals surface area contributed by atoms with Crippen molar-refractivity contribution in [3.63, 3.8) is 0 Å². The lowest BCUT2D eigenvalue weighted by molar-refractivity contribution is 0.219. The van der Waals surface area contributed by atoms with E-state index in [1.807, 2.05) is 0 Å². The van der Waals surface area contributed by atoms with Gasteiger partial charge in [-0.2, -0.15) is 0 Å². The average molecular weight is 143 g/mol. The summed E-state index contributed by atoms with van der Waals surface area (Å²) in [6.45, 7) is 3.29. The van der Waals surface area contributed by atoms with E-state index in [1.54, 1.807) is 13.8 Å². The van der Waals surface area contributed by atoms with Crippen LogP contribution in [0.1, 0.15) is 13.8 Å². The summed E-state index contributed by atoms with van der Waals surface area (Å²) in [5, 5.41) is 8.52. The Hall–Kier alpha value is 0.540. The van der Waals surface area contributed by atoms with E-state index in [4.69, 9.17) is 28.3 Å². The van der Waals surface area contributed by atoms with Crippen LogP contribution in [0.4, 0.5) is 0 Å². The lowest BCUT2D eigenvalue weighted by Crippen LogP contribution is -2.24. The predicted octanol–water partition coefficient (Wildman–Crippen LogP) is 1.56. The molecule has 0 rings (SSSR count). The zero-order valence-electron chi connectivity index (χ0n) is 4.28. The molecule has 0 aromatic carbocycles. The van der Waals surface area contributed by atoms with Crippen molar-refractivity contribution in [2.24, 2.45) is 0 Å². The second-order valence-electron chi connectivity index (χ2n) is 1.90. The van der Waals surface area contributed by atoms with Crippen molar-refractivity contribution in [3.8, 4) is 0 Å². The van der Waals surface area contributed by atoms with Crippen molar-refractivity contribution in [1.29, 1.82) is 0 Å². The molecule has 0 aliphatic heterocycles. The molecule has 0 aromatic heterocycles. The minimum atomic E-state index is -0.964. The van der Waals surface area contributed by atoms with Crippen LogP contribution in [0.3, 0.4) is 0 Å². The number of aliphatic hydroxyl groups is 1. The Morgan fingerprint density at radius 2 is 1.71 bits per heavy atom. The van der Waals surface area contributed by atoms with Crippen LogP contribution < -0.4 is 0 Å². The monoisotopic (exact) mass is 142 g/mol. The van der Waals surface area contributed by atoms with Gasteiger partial charge in [-0.25, -0.2) is 0 Å². The molecule has 0 amide bonds. The van der Waals surface area contributed by atoms with Crippen molar-refractivity contribution >= 4 is 23.2 Å². The Bertz CT molecular complexity index is 55.2. The molecule has 0 fully saturated rings. The van der Waals surface area contributed by atoms with Crippen molar-refractivity contribution < 1.29 is 5.11 Å². The molecule has 0 saturated carbocycles. The summed E-state index contributed by atoms with van der Waals surface area (Å²) in [6.07, 6.45) is 0. The van der Waals surface area contributed by atoms with E-state index in [9.17, 15) is 0 Å². The van der Waals surface area contributed by atoms with Gasteiger partial charge in [-0.15, -0.1) is 11.6 Å². The van der Waals surface area contributed by atoms with E-state index >= 15 is 0 Å². The Morgan fingerprint density at radius 3 is 1.71 bits per heavy atom. The van der Waals surface area contributed by atoms with Crippen LogP contribution >= 0.6 is 23.2 Å². The van der Waals surface area contributed by atoms with Crippen LogP contribution in [-0.2, 0) is 0 Å². The molecule has 0 heterocycles. The molecular weight excluding hydrogens is 135 g/mol. The van der Waals surface area contributed by atoms with Gasteiger partial charge >= 0.3 is 0 Å². The van der Waals surface area contributed by atoms with E-state index in [2.05, 4.69) is 0 Å². The molecule has 7 heavy (non-hydrogen) atoms. The number of alkyl halides is 2. The highest BCUT2D eigenvalue weighted by molar-refractivity contribution is 6.31. The molecule has 1 atom stereocenters. The van der Waals surface area contributed by atoms with Crippen LogP contribution in [-0.4, -0.2) is 15.5 Å². The van der Waals surface area contributed by atoms with Gasteiger partial charge in [0.15, 0.2) is 0 Å². The van der Waals surface area contributed by atoms with Crippen molar-refractivity contribution in [1.82, 2.24) is 0 Å². The first-order valence-electron chi connectivity index (χ1n) is 1.95. The smallest absolute Gasteiger partial charge is 0.146 e. The van der Waals surface area contributed by atoms with Gasteiger partial charge in [0.2, 0.25) is 0 Å². The highest BCUT2D eigenvalue weighted by atomic mass is 35.5. The van der Waals surface area contributed by atoms with E-state index < -0.39 is 10.4 Å². The second kappa shape index (κ2) is 2.21. The maximum absolute atomic E-state index is 8.52. The zero-order chi connectivity index (χ0) is 6.08. The van der Waals surface area contributed by atoms with E-state index in [-0.39, 0.29) is 0 Å². The maximum atomic E-state index is 8.52. The average Bonchev–Trinajstić information content (AvgIpc) is 1.31. The fraction of sp³-hybridized carbons (Fsp3) is 1.00. The third-order valence-corrected chi connectivity index (χ3v) is 1.43. The van der Waals surface area contributed by atoms with Gasteiger partial charge in [0.05, 0.1) is 4.87 Å². The summed E-state index contributed by atoms with van der Waals surface area (Å²) < 4.78 is 0. The maximum Gasteiger partial charge on any atom is 0.146 e. The Morgan fingerprint density at radius 1 is 1.57 bits per heavy atom. The van der Waals surface area contributed by atoms with E-state index in [1.165, 1.54) is 0 Å². The highest BCUT2D eigenvalue weighted by Gasteiger charge is 2.21. The van der Waals surface area contributed by atoms with Crippen LogP contribution in [0.15, 0.2) is 0 Å². The number of halogens is 2. The third kappa shape index (κ3) is 3.15. The summed E-state index contributed by atoms with van der Waals surface area (Å²) >= 11 is 10.7. The molecule has 44 valence electrons. The molecule has 0 aliphatic carbocycles. The van der Waals surface area contributed by atoms with Gasteiger partial charge in [0, 0.05) is 0 Å². The van der Waals surface area contributed by atoms with Gasteiger partial charge in [-0.3, -0.25) is 0 Å². The van der Waals surface area contributed by atoms with Crippen molar-refractivity contribution in [2.75, 3.05) is 0 Å². The summed E-state index contributed by atoms with van der Waals surface area (Å²) in [5.74, 6) is 0. The fourth-order valence-corrected chi connectivity index (χ4v) is 0. The Labute approximate surface area is 53.2 Å². The molecule has 0 aromatic rings. The SMILES string of the molecule is CC(C)(Cl)C(O)Cl. The molecule has 0 aliphatic rings. The Kier molecular flexibility index (Phi) is 2.38. The minimum absolute atomic E-state index is 0.707. The summed E-state index contributed by atoms with van der Waals surface area (Å²) in [7, 11) is 0. The third-order valence-electron chi connectivity index (χ3n) is 0.566. The zero-order valence-corrected chi connectivity index (χ0v) is 5.79. The van der Waals surface area contributed by atoms with E-state index in [0.29, 0.717) is 0 Å². The number of rotatable bonds is 1. The van der Waals surface area contributed by atoms with Gasteiger partial charge in [-0.05, 0) is 13.8 Å². The first kappa shape index (κ1) is 7.54. The molecule has 1 N–H and O–H groups in total. The van der Waals surface area contributed by atoms with Gasteiger partial charge in [0.1, 0.15) is 5.56 Å². The molecule has 3 heteroatoms. The largest absolute Gasteiger partial charge is 0.376 e. The Balaban J connectivity index is 3.54. The summed E-state index contributed by atoms with van der Waals surface area (Å²) in [5.41, 5.74) is -0.964. The highest BCUT2D eigenvalue weighted by Crippen LogP contribution is 2.19. The molecule has 0 bridgehead atoms. The summed E-state index contributed by atoms with van der Waals surface area (Å²) in [4.78, 5) is -0.707. The molecular formula is C4H8Cl2O. The molecule has 1 unspecified atom stereocenters. The van der Waals surface area contributed by atoms with Gasteiger partial charge < -0.3 is 5.11 Å². The lowest BCUT2D eigenvalue weighted by Gasteiger charge is -2.15. The normalized spacial score (nSPS) is 16.7. The van der Waals surface area contributed by atoms with Crippen LogP contribution in [0.2, 0.25) is 0 Å². The minimum Gasteiger partial charge on any atom is -0.376 e. The van der Waals surface area contributed by atoms with Gasteiger partial charge in [0.25, 0.3) is 0 Å². The van der Waals surface area contributed by atoms with Crippen molar-refractivity contribution in [3.05, 3.63) is 0 Å². The first-order chi connectivity index (χ1) is 2.94. The lowest BCUT2D eigenvalue weighted by atomic mass is 10.2. The molecule has 0 radical (unpaired) electrons. The fourth-order valence-electron chi connectivity index (χ4n) is 0. The second-order valence-corrected chi connectivity index (χ2v) is 3.29. The predicted molar refractivity (Wildman–Crippen MR) is 31.8 cm³/mol. The number of hydrogen-bond donors (Lipinski definition) is 1. The molecule has 1 nitrogen and oxygen atoms in total. The molecule has 0 spiro atoms. The standard InChI is InChI=1S/C4H8Cl2O/c1-4(2,6)3(5)7/h3,7H,1-2H3. The summed E-state index contributed by atoms with van der Waals surface area (Å²) in [6, 6.07) is 0. The quantitative estimate of drug-likeness (QED) is 0.552. The van der Waals surface area contributed by atoms with Crippen molar-refractivity contribution in [2.45, 2.75) is 24.3 Å².